The van der Waals surface area contributed by atoms with Crippen molar-refractivity contribution in [2.45, 2.75) is 45.4 Å². The van der Waals surface area contributed by atoms with E-state index in [1.807, 2.05) is 24.4 Å². The van der Waals surface area contributed by atoms with E-state index in [0.29, 0.717) is 12.6 Å². The average molecular weight is 326 g/mol. The molecule has 4 heteroatoms. The minimum absolute atomic E-state index is 0.487. The van der Waals surface area contributed by atoms with Gasteiger partial charge in [-0.05, 0) is 42.5 Å². The topological polar surface area (TPSA) is 43.4 Å². The van der Waals surface area contributed by atoms with Crippen molar-refractivity contribution in [1.82, 2.24) is 10.3 Å². The number of nitrogens with one attached hydrogen (secondary N) is 1. The van der Waals surface area contributed by atoms with Gasteiger partial charge in [0.2, 0.25) is 0 Å². The molecule has 3 rings (SSSR count). The lowest BCUT2D eigenvalue weighted by Gasteiger charge is -2.18. The Morgan fingerprint density at radius 1 is 1.17 bits per heavy atom. The Kier molecular flexibility index (Phi) is 5.70. The van der Waals surface area contributed by atoms with E-state index in [1.54, 1.807) is 13.3 Å². The van der Waals surface area contributed by atoms with Crippen molar-refractivity contribution >= 4 is 0 Å². The molecule has 1 aliphatic rings. The molecule has 1 aliphatic carbocycles. The van der Waals surface area contributed by atoms with Crippen LogP contribution in [0, 0.1) is 5.92 Å². The van der Waals surface area contributed by atoms with Gasteiger partial charge in [0, 0.05) is 30.5 Å². The zero-order chi connectivity index (χ0) is 16.8. The molecule has 1 aromatic carbocycles. The summed E-state index contributed by atoms with van der Waals surface area (Å²) in [5.74, 6) is 2.31. The molecule has 0 bridgehead atoms. The molecule has 0 amide bonds. The minimum atomic E-state index is 0.487. The van der Waals surface area contributed by atoms with Gasteiger partial charge in [0.25, 0.3) is 0 Å². The molecule has 1 heterocycles. The van der Waals surface area contributed by atoms with Gasteiger partial charge in [0.1, 0.15) is 6.61 Å². The molecule has 1 saturated carbocycles. The van der Waals surface area contributed by atoms with Crippen molar-refractivity contribution in [3.05, 3.63) is 53.9 Å². The SMILES string of the molecule is COc1ccc(CNC2CCCC2C)cc1OCc1cccnc1. The van der Waals surface area contributed by atoms with Gasteiger partial charge in [-0.3, -0.25) is 4.98 Å². The maximum atomic E-state index is 5.95. The molecule has 0 radical (unpaired) electrons. The number of ether oxygens (including phenoxy) is 2. The average Bonchev–Trinajstić information content (AvgIpc) is 3.04. The van der Waals surface area contributed by atoms with E-state index in [9.17, 15) is 0 Å². The van der Waals surface area contributed by atoms with Crippen LogP contribution in [-0.2, 0) is 13.2 Å². The van der Waals surface area contributed by atoms with Gasteiger partial charge in [-0.1, -0.05) is 25.5 Å². The van der Waals surface area contributed by atoms with E-state index < -0.39 is 0 Å². The first-order chi connectivity index (χ1) is 11.8. The van der Waals surface area contributed by atoms with E-state index in [-0.39, 0.29) is 0 Å². The predicted octanol–water partition coefficient (Wildman–Crippen LogP) is 3.95. The summed E-state index contributed by atoms with van der Waals surface area (Å²) in [6, 6.07) is 10.7. The Balaban J connectivity index is 1.63. The van der Waals surface area contributed by atoms with Crippen LogP contribution in [0.15, 0.2) is 42.7 Å². The number of pyridine rings is 1. The second-order valence-electron chi connectivity index (χ2n) is 6.53. The highest BCUT2D eigenvalue weighted by atomic mass is 16.5. The van der Waals surface area contributed by atoms with E-state index >= 15 is 0 Å². The number of hydrogen-bond acceptors (Lipinski definition) is 4. The Bertz CT molecular complexity index is 645. The minimum Gasteiger partial charge on any atom is -0.493 e. The number of nitrogens with zero attached hydrogens (tertiary/aromatic N) is 1. The fourth-order valence-corrected chi connectivity index (χ4v) is 3.29. The highest BCUT2D eigenvalue weighted by Crippen LogP contribution is 2.30. The van der Waals surface area contributed by atoms with Gasteiger partial charge < -0.3 is 14.8 Å². The fourth-order valence-electron chi connectivity index (χ4n) is 3.29. The maximum absolute atomic E-state index is 5.95. The molecule has 1 aromatic heterocycles. The van der Waals surface area contributed by atoms with Crippen molar-refractivity contribution in [1.29, 1.82) is 0 Å². The first-order valence-corrected chi connectivity index (χ1v) is 8.68. The van der Waals surface area contributed by atoms with Gasteiger partial charge in [0.15, 0.2) is 11.5 Å². The molecule has 4 nitrogen and oxygen atoms in total. The molecular weight excluding hydrogens is 300 g/mol. The van der Waals surface area contributed by atoms with Crippen molar-refractivity contribution in [2.24, 2.45) is 5.92 Å². The lowest BCUT2D eigenvalue weighted by molar-refractivity contribution is 0.283. The first-order valence-electron chi connectivity index (χ1n) is 8.68. The molecule has 2 unspecified atom stereocenters. The molecule has 2 atom stereocenters. The van der Waals surface area contributed by atoms with Crippen molar-refractivity contribution in [3.8, 4) is 11.5 Å². The quantitative estimate of drug-likeness (QED) is 0.837. The second-order valence-corrected chi connectivity index (χ2v) is 6.53. The summed E-state index contributed by atoms with van der Waals surface area (Å²) in [7, 11) is 1.67. The van der Waals surface area contributed by atoms with Crippen LogP contribution in [0.4, 0.5) is 0 Å². The summed E-state index contributed by atoms with van der Waals surface area (Å²) < 4.78 is 11.4. The molecule has 0 saturated heterocycles. The Hall–Kier alpha value is -2.07. The normalized spacial score (nSPS) is 20.1. The first kappa shape index (κ1) is 16.8. The summed E-state index contributed by atoms with van der Waals surface area (Å²) in [4.78, 5) is 4.12. The molecule has 0 aliphatic heterocycles. The van der Waals surface area contributed by atoms with E-state index in [1.165, 1.54) is 24.8 Å². The molecule has 128 valence electrons. The largest absolute Gasteiger partial charge is 0.493 e. The summed E-state index contributed by atoms with van der Waals surface area (Å²) in [5.41, 5.74) is 2.26. The Morgan fingerprint density at radius 2 is 2.08 bits per heavy atom. The van der Waals surface area contributed by atoms with Crippen LogP contribution in [0.3, 0.4) is 0 Å². The van der Waals surface area contributed by atoms with Gasteiger partial charge in [-0.2, -0.15) is 0 Å². The van der Waals surface area contributed by atoms with Crippen LogP contribution in [0.5, 0.6) is 11.5 Å². The molecule has 1 fully saturated rings. The third-order valence-electron chi connectivity index (χ3n) is 4.78. The molecule has 2 aromatic rings. The highest BCUT2D eigenvalue weighted by Gasteiger charge is 2.22. The van der Waals surface area contributed by atoms with Crippen LogP contribution in [-0.4, -0.2) is 18.1 Å². The molecule has 0 spiro atoms. The lowest BCUT2D eigenvalue weighted by atomic mass is 10.1. The number of aromatic nitrogens is 1. The predicted molar refractivity (Wildman–Crippen MR) is 95.2 cm³/mol. The zero-order valence-electron chi connectivity index (χ0n) is 14.5. The van der Waals surface area contributed by atoms with Crippen molar-refractivity contribution in [2.75, 3.05) is 7.11 Å². The third-order valence-corrected chi connectivity index (χ3v) is 4.78. The Labute approximate surface area is 144 Å². The summed E-state index contributed by atoms with van der Waals surface area (Å²) in [6.45, 7) is 3.68. The molecular formula is C20H26N2O2. The lowest BCUT2D eigenvalue weighted by Crippen LogP contribution is -2.30. The van der Waals surface area contributed by atoms with Crippen LogP contribution < -0.4 is 14.8 Å². The van der Waals surface area contributed by atoms with Crippen molar-refractivity contribution < 1.29 is 9.47 Å². The molecule has 24 heavy (non-hydrogen) atoms. The van der Waals surface area contributed by atoms with Crippen LogP contribution in [0.1, 0.15) is 37.3 Å². The smallest absolute Gasteiger partial charge is 0.161 e. The number of hydrogen-bond donors (Lipinski definition) is 1. The van der Waals surface area contributed by atoms with Crippen LogP contribution >= 0.6 is 0 Å². The monoisotopic (exact) mass is 326 g/mol. The Morgan fingerprint density at radius 3 is 2.79 bits per heavy atom. The standard InChI is InChI=1S/C20H26N2O2/c1-15-5-3-7-18(15)22-13-16-8-9-19(23-2)20(11-16)24-14-17-6-4-10-21-12-17/h4,6,8-12,15,18,22H,3,5,7,13-14H2,1-2H3. The fraction of sp³-hybridized carbons (Fsp3) is 0.450. The number of rotatable bonds is 7. The number of methoxy groups -OCH3 is 1. The summed E-state index contributed by atoms with van der Waals surface area (Å²) in [6.07, 6.45) is 7.53. The zero-order valence-corrected chi connectivity index (χ0v) is 14.5. The van der Waals surface area contributed by atoms with Crippen molar-refractivity contribution in [3.63, 3.8) is 0 Å². The molecule has 1 N–H and O–H groups in total. The summed E-state index contributed by atoms with van der Waals surface area (Å²) in [5, 5.41) is 3.68. The van der Waals surface area contributed by atoms with Gasteiger partial charge in [0.05, 0.1) is 7.11 Å². The van der Waals surface area contributed by atoms with Gasteiger partial charge >= 0.3 is 0 Å². The number of benzene rings is 1. The van der Waals surface area contributed by atoms with Crippen LogP contribution in [0.25, 0.3) is 0 Å². The van der Waals surface area contributed by atoms with E-state index in [2.05, 4.69) is 29.4 Å². The maximum Gasteiger partial charge on any atom is 0.161 e. The van der Waals surface area contributed by atoms with E-state index in [0.717, 1.165) is 29.5 Å². The highest BCUT2D eigenvalue weighted by molar-refractivity contribution is 5.43. The van der Waals surface area contributed by atoms with Gasteiger partial charge in [-0.15, -0.1) is 0 Å². The van der Waals surface area contributed by atoms with Gasteiger partial charge in [-0.25, -0.2) is 0 Å². The van der Waals surface area contributed by atoms with E-state index in [4.69, 9.17) is 9.47 Å². The third kappa shape index (κ3) is 4.26. The van der Waals surface area contributed by atoms with Crippen LogP contribution in [0.2, 0.25) is 0 Å². The second kappa shape index (κ2) is 8.15. The summed E-state index contributed by atoms with van der Waals surface area (Å²) >= 11 is 0.